The Hall–Kier alpha value is -1.97. The molecule has 3 N–H and O–H groups in total. The fourth-order valence-electron chi connectivity index (χ4n) is 1.97. The second-order valence-electron chi connectivity index (χ2n) is 4.41. The average Bonchev–Trinajstić information content (AvgIpc) is 2.89. The minimum atomic E-state index is 0.588. The molecule has 0 atom stereocenters. The van der Waals surface area contributed by atoms with Crippen molar-refractivity contribution in [3.63, 3.8) is 0 Å². The van der Waals surface area contributed by atoms with E-state index < -0.39 is 0 Å². The lowest BCUT2D eigenvalue weighted by molar-refractivity contribution is 1.10. The molecule has 1 aromatic heterocycles. The molecule has 0 saturated carbocycles. The zero-order valence-electron chi connectivity index (χ0n) is 10.4. The Kier molecular flexibility index (Phi) is 3.38. The first-order valence-electron chi connectivity index (χ1n) is 6.00. The number of H-pyrrole nitrogens is 1. The lowest BCUT2D eigenvalue weighted by atomic mass is 10.1. The van der Waals surface area contributed by atoms with Crippen LogP contribution in [0.4, 0.5) is 5.69 Å². The predicted molar refractivity (Wildman–Crippen MR) is 83.9 cm³/mol. The molecule has 0 bridgehead atoms. The van der Waals surface area contributed by atoms with Crippen LogP contribution in [0.2, 0.25) is 10.0 Å². The molecule has 5 heteroatoms. The zero-order chi connectivity index (χ0) is 14.1. The van der Waals surface area contributed by atoms with Crippen molar-refractivity contribution in [2.24, 2.45) is 0 Å². The van der Waals surface area contributed by atoms with E-state index in [0.29, 0.717) is 10.0 Å². The van der Waals surface area contributed by atoms with Gasteiger partial charge in [0.05, 0.1) is 16.4 Å². The van der Waals surface area contributed by atoms with Crippen molar-refractivity contribution >= 4 is 28.9 Å². The number of nitrogens with one attached hydrogen (secondary N) is 1. The lowest BCUT2D eigenvalue weighted by Gasteiger charge is -2.01. The zero-order valence-corrected chi connectivity index (χ0v) is 11.9. The minimum Gasteiger partial charge on any atom is -0.399 e. The molecule has 3 nitrogen and oxygen atoms in total. The molecule has 0 saturated heterocycles. The minimum absolute atomic E-state index is 0.588. The summed E-state index contributed by atoms with van der Waals surface area (Å²) in [5.74, 6) is 0. The maximum Gasteiger partial charge on any atom is 0.0927 e. The SMILES string of the molecule is Nc1ccc(-c2cc(-c3ccc(Cl)cc3Cl)[nH]n2)cc1. The van der Waals surface area contributed by atoms with Gasteiger partial charge in [0.15, 0.2) is 0 Å². The van der Waals surface area contributed by atoms with Gasteiger partial charge < -0.3 is 5.73 Å². The smallest absolute Gasteiger partial charge is 0.0927 e. The molecule has 0 radical (unpaired) electrons. The van der Waals surface area contributed by atoms with Crippen molar-refractivity contribution in [1.29, 1.82) is 0 Å². The number of aromatic amines is 1. The third-order valence-corrected chi connectivity index (χ3v) is 3.55. The molecule has 0 unspecified atom stereocenters. The molecule has 20 heavy (non-hydrogen) atoms. The van der Waals surface area contributed by atoms with Gasteiger partial charge >= 0.3 is 0 Å². The molecule has 0 aliphatic heterocycles. The molecule has 0 amide bonds. The molecule has 2 aromatic carbocycles. The van der Waals surface area contributed by atoms with Gasteiger partial charge in [-0.05, 0) is 36.4 Å². The van der Waals surface area contributed by atoms with E-state index in [1.807, 2.05) is 36.4 Å². The number of nitrogens with zero attached hydrogens (tertiary/aromatic N) is 1. The summed E-state index contributed by atoms with van der Waals surface area (Å²) in [5, 5.41) is 8.48. The summed E-state index contributed by atoms with van der Waals surface area (Å²) in [6, 6.07) is 14.9. The van der Waals surface area contributed by atoms with Gasteiger partial charge in [-0.3, -0.25) is 5.10 Å². The second kappa shape index (κ2) is 5.19. The van der Waals surface area contributed by atoms with Gasteiger partial charge in [0, 0.05) is 21.8 Å². The van der Waals surface area contributed by atoms with Crippen molar-refractivity contribution in [2.75, 3.05) is 5.73 Å². The van der Waals surface area contributed by atoms with Crippen LogP contribution >= 0.6 is 23.2 Å². The van der Waals surface area contributed by atoms with E-state index in [-0.39, 0.29) is 0 Å². The van der Waals surface area contributed by atoms with Gasteiger partial charge in [0.2, 0.25) is 0 Å². The van der Waals surface area contributed by atoms with Gasteiger partial charge in [-0.1, -0.05) is 35.3 Å². The van der Waals surface area contributed by atoms with Crippen LogP contribution in [0.3, 0.4) is 0 Å². The first-order valence-corrected chi connectivity index (χ1v) is 6.76. The molecule has 1 heterocycles. The average molecular weight is 304 g/mol. The number of benzene rings is 2. The standard InChI is InChI=1S/C15H11Cl2N3/c16-10-3-6-12(13(17)7-10)15-8-14(19-20-15)9-1-4-11(18)5-2-9/h1-8H,18H2,(H,19,20). The van der Waals surface area contributed by atoms with Gasteiger partial charge in [0.1, 0.15) is 0 Å². The number of anilines is 1. The first kappa shape index (κ1) is 13.0. The molecule has 0 aliphatic rings. The van der Waals surface area contributed by atoms with E-state index in [1.54, 1.807) is 12.1 Å². The van der Waals surface area contributed by atoms with Crippen molar-refractivity contribution in [3.8, 4) is 22.5 Å². The molecule has 3 rings (SSSR count). The monoisotopic (exact) mass is 303 g/mol. The summed E-state index contributed by atoms with van der Waals surface area (Å²) in [4.78, 5) is 0. The molecule has 0 fully saturated rings. The number of nitrogens with two attached hydrogens (primary N) is 1. The number of hydrogen-bond donors (Lipinski definition) is 2. The molecule has 0 aliphatic carbocycles. The van der Waals surface area contributed by atoms with Crippen LogP contribution < -0.4 is 5.73 Å². The van der Waals surface area contributed by atoms with Gasteiger partial charge in [0.25, 0.3) is 0 Å². The third kappa shape index (κ3) is 2.50. The maximum atomic E-state index is 6.19. The lowest BCUT2D eigenvalue weighted by Crippen LogP contribution is -1.83. The van der Waals surface area contributed by atoms with E-state index >= 15 is 0 Å². The third-order valence-electron chi connectivity index (χ3n) is 3.01. The Bertz CT molecular complexity index is 748. The highest BCUT2D eigenvalue weighted by molar-refractivity contribution is 6.36. The highest BCUT2D eigenvalue weighted by atomic mass is 35.5. The van der Waals surface area contributed by atoms with Crippen LogP contribution in [0.15, 0.2) is 48.5 Å². The van der Waals surface area contributed by atoms with E-state index in [1.165, 1.54) is 0 Å². The maximum absolute atomic E-state index is 6.19. The van der Waals surface area contributed by atoms with Crippen molar-refractivity contribution in [2.45, 2.75) is 0 Å². The summed E-state index contributed by atoms with van der Waals surface area (Å²) in [6.45, 7) is 0. The van der Waals surface area contributed by atoms with Crippen LogP contribution in [0, 0.1) is 0 Å². The van der Waals surface area contributed by atoms with Crippen LogP contribution in [0.25, 0.3) is 22.5 Å². The fourth-order valence-corrected chi connectivity index (χ4v) is 2.48. The van der Waals surface area contributed by atoms with E-state index in [9.17, 15) is 0 Å². The summed E-state index contributed by atoms with van der Waals surface area (Å²) in [6.07, 6.45) is 0. The number of hydrogen-bond acceptors (Lipinski definition) is 2. The molecule has 100 valence electrons. The Labute approximate surface area is 126 Å². The summed E-state index contributed by atoms with van der Waals surface area (Å²) in [5.41, 5.74) is 9.95. The number of aromatic nitrogens is 2. The van der Waals surface area contributed by atoms with E-state index in [4.69, 9.17) is 28.9 Å². The highest BCUT2D eigenvalue weighted by Crippen LogP contribution is 2.31. The summed E-state index contributed by atoms with van der Waals surface area (Å²) >= 11 is 12.1. The molecular weight excluding hydrogens is 293 g/mol. The Balaban J connectivity index is 1.99. The number of halogens is 2. The van der Waals surface area contributed by atoms with Gasteiger partial charge in [-0.15, -0.1) is 0 Å². The molecule has 3 aromatic rings. The predicted octanol–water partition coefficient (Wildman–Crippen LogP) is 4.63. The number of rotatable bonds is 2. The first-order chi connectivity index (χ1) is 9.63. The fraction of sp³-hybridized carbons (Fsp3) is 0. The van der Waals surface area contributed by atoms with Crippen molar-refractivity contribution < 1.29 is 0 Å². The molecular formula is C15H11Cl2N3. The summed E-state index contributed by atoms with van der Waals surface area (Å²) < 4.78 is 0. The van der Waals surface area contributed by atoms with Crippen LogP contribution in [0.5, 0.6) is 0 Å². The van der Waals surface area contributed by atoms with Gasteiger partial charge in [-0.2, -0.15) is 5.10 Å². The van der Waals surface area contributed by atoms with Crippen LogP contribution in [-0.2, 0) is 0 Å². The van der Waals surface area contributed by atoms with Crippen molar-refractivity contribution in [1.82, 2.24) is 10.2 Å². The van der Waals surface area contributed by atoms with Crippen LogP contribution in [0.1, 0.15) is 0 Å². The van der Waals surface area contributed by atoms with E-state index in [0.717, 1.165) is 28.2 Å². The Morgan fingerprint density at radius 3 is 2.40 bits per heavy atom. The molecule has 0 spiro atoms. The van der Waals surface area contributed by atoms with Gasteiger partial charge in [-0.25, -0.2) is 0 Å². The summed E-state index contributed by atoms with van der Waals surface area (Å²) in [7, 11) is 0. The number of nitrogen functional groups attached to an aromatic ring is 1. The Morgan fingerprint density at radius 1 is 0.950 bits per heavy atom. The van der Waals surface area contributed by atoms with E-state index in [2.05, 4.69) is 10.2 Å². The normalized spacial score (nSPS) is 10.7. The van der Waals surface area contributed by atoms with Crippen molar-refractivity contribution in [3.05, 3.63) is 58.6 Å². The second-order valence-corrected chi connectivity index (χ2v) is 5.26. The largest absolute Gasteiger partial charge is 0.399 e. The topological polar surface area (TPSA) is 54.7 Å². The van der Waals surface area contributed by atoms with Crippen LogP contribution in [-0.4, -0.2) is 10.2 Å². The quantitative estimate of drug-likeness (QED) is 0.678. The Morgan fingerprint density at radius 2 is 1.70 bits per heavy atom. The highest BCUT2D eigenvalue weighted by Gasteiger charge is 2.09.